The highest BCUT2D eigenvalue weighted by Gasteiger charge is 2.21. The van der Waals surface area contributed by atoms with E-state index in [1.54, 1.807) is 24.3 Å². The second kappa shape index (κ2) is 11.9. The van der Waals surface area contributed by atoms with Gasteiger partial charge < -0.3 is 4.74 Å². The molecular formula is C24H31ClFNO2. The molecule has 3 nitrogen and oxygen atoms in total. The van der Waals surface area contributed by atoms with E-state index in [4.69, 9.17) is 16.3 Å². The van der Waals surface area contributed by atoms with Crippen LogP contribution in [0.2, 0.25) is 0 Å². The van der Waals surface area contributed by atoms with Crippen LogP contribution in [0.4, 0.5) is 4.39 Å². The van der Waals surface area contributed by atoms with Gasteiger partial charge in [0.25, 0.3) is 0 Å². The number of esters is 1. The third-order valence-corrected chi connectivity index (χ3v) is 5.58. The minimum Gasteiger partial charge on any atom is -0.424 e. The van der Waals surface area contributed by atoms with Gasteiger partial charge in [0.05, 0.1) is 11.9 Å². The minimum absolute atomic E-state index is 0.0275. The molecule has 0 aliphatic heterocycles. The number of benzene rings is 1. The number of rotatable bonds is 11. The van der Waals surface area contributed by atoms with Gasteiger partial charge in [-0.1, -0.05) is 58.9 Å². The van der Waals surface area contributed by atoms with Crippen molar-refractivity contribution in [2.45, 2.75) is 71.1 Å². The minimum atomic E-state index is -0.716. The van der Waals surface area contributed by atoms with Crippen molar-refractivity contribution in [3.8, 4) is 17.0 Å². The van der Waals surface area contributed by atoms with E-state index in [1.165, 1.54) is 38.3 Å². The van der Waals surface area contributed by atoms with Gasteiger partial charge in [-0.3, -0.25) is 9.78 Å². The molecule has 0 fully saturated rings. The van der Waals surface area contributed by atoms with Crippen molar-refractivity contribution < 1.29 is 13.9 Å². The molecule has 0 bridgehead atoms. The average molecular weight is 420 g/mol. The Morgan fingerprint density at radius 3 is 2.45 bits per heavy atom. The van der Waals surface area contributed by atoms with Crippen molar-refractivity contribution in [2.24, 2.45) is 5.92 Å². The Balaban J connectivity index is 1.94. The second-order valence-corrected chi connectivity index (χ2v) is 8.25. The Hall–Kier alpha value is -1.94. The Bertz CT molecular complexity index is 777. The van der Waals surface area contributed by atoms with Crippen molar-refractivity contribution in [1.29, 1.82) is 0 Å². The van der Waals surface area contributed by atoms with Crippen LogP contribution in [0.5, 0.6) is 5.75 Å². The summed E-state index contributed by atoms with van der Waals surface area (Å²) >= 11 is 6.00. The molecular weight excluding hydrogens is 389 g/mol. The van der Waals surface area contributed by atoms with Gasteiger partial charge in [0, 0.05) is 5.56 Å². The first kappa shape index (κ1) is 23.3. The second-order valence-electron chi connectivity index (χ2n) is 7.78. The average Bonchev–Trinajstić information content (AvgIpc) is 2.70. The fraction of sp³-hybridized carbons (Fsp3) is 0.500. The Morgan fingerprint density at radius 2 is 1.83 bits per heavy atom. The molecule has 1 atom stereocenters. The fourth-order valence-corrected chi connectivity index (χ4v) is 3.12. The Morgan fingerprint density at radius 1 is 1.10 bits per heavy atom. The number of pyridine rings is 1. The maximum atomic E-state index is 14.6. The lowest BCUT2D eigenvalue weighted by Gasteiger charge is -2.12. The zero-order valence-electron chi connectivity index (χ0n) is 17.6. The molecule has 0 amide bonds. The number of nitrogens with zero attached hydrogens (tertiary/aromatic N) is 1. The summed E-state index contributed by atoms with van der Waals surface area (Å²) in [6.45, 7) is 5.90. The standard InChI is InChI=1S/C24H31ClFNO2/c1-4-5-6-7-8-9-10-18-11-13-20(21(26)15-18)22-14-12-19(16-27-22)29-24(28)23(25)17(2)3/h11-17,23H,4-10H2,1-3H3. The molecule has 2 aromatic rings. The van der Waals surface area contributed by atoms with Crippen LogP contribution in [0.15, 0.2) is 36.5 Å². The lowest BCUT2D eigenvalue weighted by atomic mass is 10.0. The molecule has 2 rings (SSSR count). The van der Waals surface area contributed by atoms with E-state index >= 15 is 0 Å². The van der Waals surface area contributed by atoms with Crippen LogP contribution in [-0.2, 0) is 11.2 Å². The number of unbranched alkanes of at least 4 members (excludes halogenated alkanes) is 5. The van der Waals surface area contributed by atoms with E-state index < -0.39 is 11.3 Å². The van der Waals surface area contributed by atoms with Crippen molar-refractivity contribution in [1.82, 2.24) is 4.98 Å². The maximum absolute atomic E-state index is 14.6. The van der Waals surface area contributed by atoms with Crippen molar-refractivity contribution >= 4 is 17.6 Å². The highest BCUT2D eigenvalue weighted by Crippen LogP contribution is 2.25. The number of ether oxygens (including phenoxy) is 1. The van der Waals surface area contributed by atoms with Crippen molar-refractivity contribution in [3.63, 3.8) is 0 Å². The number of halogens is 2. The summed E-state index contributed by atoms with van der Waals surface area (Å²) in [6.07, 6.45) is 9.64. The summed E-state index contributed by atoms with van der Waals surface area (Å²) in [5, 5.41) is -0.716. The molecule has 5 heteroatoms. The molecule has 1 unspecified atom stereocenters. The summed E-state index contributed by atoms with van der Waals surface area (Å²) in [5.41, 5.74) is 1.95. The lowest BCUT2D eigenvalue weighted by molar-refractivity contribution is -0.134. The summed E-state index contributed by atoms with van der Waals surface area (Å²) in [4.78, 5) is 16.2. The first-order valence-corrected chi connectivity index (χ1v) is 11.0. The highest BCUT2D eigenvalue weighted by molar-refractivity contribution is 6.30. The third-order valence-electron chi connectivity index (χ3n) is 4.89. The highest BCUT2D eigenvalue weighted by atomic mass is 35.5. The molecule has 0 aliphatic rings. The normalized spacial score (nSPS) is 12.2. The number of alkyl halides is 1. The van der Waals surface area contributed by atoms with E-state index in [1.807, 2.05) is 19.9 Å². The first-order valence-electron chi connectivity index (χ1n) is 10.5. The molecule has 0 saturated heterocycles. The Labute approximate surface area is 178 Å². The van der Waals surface area contributed by atoms with Crippen LogP contribution in [0.1, 0.15) is 64.9 Å². The first-order chi connectivity index (χ1) is 13.9. The van der Waals surface area contributed by atoms with E-state index in [0.29, 0.717) is 17.0 Å². The SMILES string of the molecule is CCCCCCCCc1ccc(-c2ccc(OC(=O)C(Cl)C(C)C)cn2)c(F)c1. The number of hydrogen-bond donors (Lipinski definition) is 0. The van der Waals surface area contributed by atoms with Crippen LogP contribution in [-0.4, -0.2) is 16.3 Å². The van der Waals surface area contributed by atoms with Crippen molar-refractivity contribution in [2.75, 3.05) is 0 Å². The summed E-state index contributed by atoms with van der Waals surface area (Å²) in [7, 11) is 0. The number of carbonyl (C=O) groups is 1. The molecule has 0 radical (unpaired) electrons. The molecule has 1 aromatic carbocycles. The molecule has 0 aliphatic carbocycles. The zero-order valence-corrected chi connectivity index (χ0v) is 18.3. The van der Waals surface area contributed by atoms with Gasteiger partial charge in [0.1, 0.15) is 16.9 Å². The largest absolute Gasteiger partial charge is 0.424 e. The molecule has 1 heterocycles. The summed E-state index contributed by atoms with van der Waals surface area (Å²) < 4.78 is 19.8. The van der Waals surface area contributed by atoms with E-state index in [2.05, 4.69) is 11.9 Å². The summed E-state index contributed by atoms with van der Waals surface area (Å²) in [6, 6.07) is 8.57. The molecule has 0 saturated carbocycles. The van der Waals surface area contributed by atoms with Crippen molar-refractivity contribution in [3.05, 3.63) is 47.9 Å². The molecule has 0 spiro atoms. The van der Waals surface area contributed by atoms with E-state index in [0.717, 1.165) is 18.4 Å². The number of carbonyl (C=O) groups excluding carboxylic acids is 1. The van der Waals surface area contributed by atoms with Crippen LogP contribution < -0.4 is 4.74 Å². The predicted molar refractivity (Wildman–Crippen MR) is 117 cm³/mol. The Kier molecular flexibility index (Phi) is 9.59. The summed E-state index contributed by atoms with van der Waals surface area (Å²) in [5.74, 6) is -0.529. The van der Waals surface area contributed by atoms with E-state index in [-0.39, 0.29) is 11.7 Å². The van der Waals surface area contributed by atoms with Gasteiger partial charge in [-0.25, -0.2) is 4.39 Å². The van der Waals surface area contributed by atoms with Gasteiger partial charge in [-0.05, 0) is 48.6 Å². The number of aryl methyl sites for hydroxylation is 1. The molecule has 0 N–H and O–H groups in total. The third kappa shape index (κ3) is 7.43. The molecule has 29 heavy (non-hydrogen) atoms. The van der Waals surface area contributed by atoms with Gasteiger partial charge in [0.15, 0.2) is 0 Å². The quantitative estimate of drug-likeness (QED) is 0.224. The van der Waals surface area contributed by atoms with Crippen LogP contribution in [0, 0.1) is 11.7 Å². The number of hydrogen-bond acceptors (Lipinski definition) is 3. The van der Waals surface area contributed by atoms with E-state index in [9.17, 15) is 9.18 Å². The van der Waals surface area contributed by atoms with Crippen LogP contribution in [0.25, 0.3) is 11.3 Å². The topological polar surface area (TPSA) is 39.2 Å². The fourth-order valence-electron chi connectivity index (χ4n) is 3.08. The number of aromatic nitrogens is 1. The monoisotopic (exact) mass is 419 g/mol. The predicted octanol–water partition coefficient (Wildman–Crippen LogP) is 6.96. The molecule has 158 valence electrons. The molecule has 1 aromatic heterocycles. The van der Waals surface area contributed by atoms with Gasteiger partial charge in [-0.15, -0.1) is 11.6 Å². The van der Waals surface area contributed by atoms with Crippen LogP contribution >= 0.6 is 11.6 Å². The van der Waals surface area contributed by atoms with Gasteiger partial charge >= 0.3 is 5.97 Å². The van der Waals surface area contributed by atoms with Crippen LogP contribution in [0.3, 0.4) is 0 Å². The zero-order chi connectivity index (χ0) is 21.2. The lowest BCUT2D eigenvalue weighted by Crippen LogP contribution is -2.25. The maximum Gasteiger partial charge on any atom is 0.329 e. The van der Waals surface area contributed by atoms with Gasteiger partial charge in [0.2, 0.25) is 0 Å². The smallest absolute Gasteiger partial charge is 0.329 e. The van der Waals surface area contributed by atoms with Gasteiger partial charge in [-0.2, -0.15) is 0 Å².